The van der Waals surface area contributed by atoms with E-state index in [4.69, 9.17) is 9.72 Å². The topological polar surface area (TPSA) is 50.2 Å². The number of rotatable bonds is 4. The summed E-state index contributed by atoms with van der Waals surface area (Å²) in [6.07, 6.45) is -0.150. The van der Waals surface area contributed by atoms with E-state index in [0.29, 0.717) is 6.61 Å². The minimum Gasteiger partial charge on any atom is -0.363 e. The summed E-state index contributed by atoms with van der Waals surface area (Å²) in [7, 11) is -10.7. The summed E-state index contributed by atoms with van der Waals surface area (Å²) in [6, 6.07) is 10.3. The Hall–Kier alpha value is -1.75. The average Bonchev–Trinajstić information content (AvgIpc) is 3.39. The number of carbonyl (C=O) groups excluding carboxylic acids is 1. The first-order chi connectivity index (χ1) is 13.7. The predicted octanol–water partition coefficient (Wildman–Crippen LogP) is 3.82. The number of aromatic nitrogens is 1. The summed E-state index contributed by atoms with van der Waals surface area (Å²) in [4.78, 5) is 20.2. The van der Waals surface area contributed by atoms with Crippen LogP contribution in [0.3, 0.4) is 0 Å². The molecule has 5 nitrogen and oxygen atoms in total. The molecular formula is C17H20F6N3O2PS. The fourth-order valence-electron chi connectivity index (χ4n) is 2.97. The Bertz CT molecular complexity index is 871. The Balaban J connectivity index is 0.000000318. The first-order valence-corrected chi connectivity index (χ1v) is 12.0. The van der Waals surface area contributed by atoms with Crippen LogP contribution in [0, 0.1) is 0 Å². The van der Waals surface area contributed by atoms with Gasteiger partial charge < -0.3 is 14.5 Å². The van der Waals surface area contributed by atoms with E-state index < -0.39 is 7.81 Å². The number of piperazine rings is 1. The van der Waals surface area contributed by atoms with Crippen molar-refractivity contribution in [1.29, 1.82) is 0 Å². The Kier molecular flexibility index (Phi) is 5.92. The summed E-state index contributed by atoms with van der Waals surface area (Å²) in [6.45, 7) is 5.15. The molecule has 2 fully saturated rings. The number of thiazole rings is 1. The van der Waals surface area contributed by atoms with Crippen LogP contribution < -0.4 is 4.90 Å². The van der Waals surface area contributed by atoms with Crippen LogP contribution >= 0.6 is 19.1 Å². The van der Waals surface area contributed by atoms with Gasteiger partial charge in [-0.25, -0.2) is 4.98 Å². The molecule has 2 saturated heterocycles. The third kappa shape index (κ3) is 8.55. The fourth-order valence-corrected chi connectivity index (χ4v) is 3.80. The zero-order valence-corrected chi connectivity index (χ0v) is 17.3. The van der Waals surface area contributed by atoms with Gasteiger partial charge in [-0.3, -0.25) is 4.79 Å². The van der Waals surface area contributed by atoms with Crippen molar-refractivity contribution in [3.63, 3.8) is 0 Å². The number of benzene rings is 1. The molecule has 0 bridgehead atoms. The summed E-state index contributed by atoms with van der Waals surface area (Å²) >= 11 is 1.70. The second-order valence-electron chi connectivity index (χ2n) is 7.04. The molecule has 1 aromatic carbocycles. The number of amides is 1. The Morgan fingerprint density at radius 3 is 2.23 bits per heavy atom. The van der Waals surface area contributed by atoms with Crippen molar-refractivity contribution >= 4 is 25.1 Å². The smallest absolute Gasteiger partial charge is 0.254 e. The van der Waals surface area contributed by atoms with Gasteiger partial charge in [0.1, 0.15) is 17.2 Å². The summed E-state index contributed by atoms with van der Waals surface area (Å²) in [5.41, 5.74) is 2.33. The predicted molar refractivity (Wildman–Crippen MR) is 102 cm³/mol. The Morgan fingerprint density at radius 1 is 1.13 bits per heavy atom. The van der Waals surface area contributed by atoms with Crippen molar-refractivity contribution in [2.75, 3.05) is 32.8 Å². The molecule has 0 saturated carbocycles. The van der Waals surface area contributed by atoms with Crippen molar-refractivity contribution in [1.82, 2.24) is 9.88 Å². The molecule has 168 valence electrons. The van der Waals surface area contributed by atoms with Crippen molar-refractivity contribution in [2.24, 2.45) is 0 Å². The minimum atomic E-state index is -10.7. The van der Waals surface area contributed by atoms with E-state index in [1.165, 1.54) is 10.5 Å². The number of ether oxygens (including phenoxy) is 1. The molecule has 1 N–H and O–H groups in total. The number of hydrogen-bond donors (Lipinski definition) is 1. The van der Waals surface area contributed by atoms with Crippen LogP contribution in [0.2, 0.25) is 0 Å². The molecule has 1 amide bonds. The van der Waals surface area contributed by atoms with Crippen LogP contribution in [0.4, 0.5) is 25.2 Å². The van der Waals surface area contributed by atoms with Gasteiger partial charge in [0.15, 0.2) is 6.10 Å². The maximum absolute atomic E-state index is 12.0. The van der Waals surface area contributed by atoms with Crippen molar-refractivity contribution in [3.05, 3.63) is 41.4 Å². The second kappa shape index (κ2) is 7.74. The number of hydrogen-bond acceptors (Lipinski definition) is 4. The van der Waals surface area contributed by atoms with Crippen LogP contribution in [0.25, 0.3) is 10.6 Å². The van der Waals surface area contributed by atoms with Crippen LogP contribution in [-0.2, 0) is 16.1 Å². The Morgan fingerprint density at radius 2 is 1.70 bits per heavy atom. The van der Waals surface area contributed by atoms with Gasteiger partial charge >= 0.3 is 33.0 Å². The van der Waals surface area contributed by atoms with E-state index >= 15 is 0 Å². The molecule has 1 unspecified atom stereocenters. The minimum absolute atomic E-state index is 0.150. The number of nitrogens with one attached hydrogen (secondary N) is 1. The molecule has 2 aliphatic heterocycles. The number of halogens is 6. The SMILES string of the molecule is F[P-](F)(F)(F)(F)F.O=C(C1CO1)N1CC[NH+](Cc2csc(-c3ccccc3)n2)CC1. The molecule has 0 radical (unpaired) electrons. The van der Waals surface area contributed by atoms with E-state index in [9.17, 15) is 30.0 Å². The maximum atomic E-state index is 12.0. The second-order valence-corrected chi connectivity index (χ2v) is 9.82. The van der Waals surface area contributed by atoms with Crippen molar-refractivity contribution in [2.45, 2.75) is 12.6 Å². The van der Waals surface area contributed by atoms with Crippen molar-refractivity contribution < 1.29 is 39.6 Å². The molecule has 4 rings (SSSR count). The van der Waals surface area contributed by atoms with Gasteiger partial charge in [-0.2, -0.15) is 0 Å². The third-order valence-corrected chi connectivity index (χ3v) is 5.33. The quantitative estimate of drug-likeness (QED) is 0.416. The summed E-state index contributed by atoms with van der Waals surface area (Å²) in [5, 5.41) is 3.24. The molecule has 1 aromatic heterocycles. The van der Waals surface area contributed by atoms with Crippen molar-refractivity contribution in [3.8, 4) is 10.6 Å². The Labute approximate surface area is 172 Å². The third-order valence-electron chi connectivity index (χ3n) is 4.39. The zero-order chi connectivity index (χ0) is 22.1. The first-order valence-electron chi connectivity index (χ1n) is 9.05. The molecule has 0 aliphatic carbocycles. The van der Waals surface area contributed by atoms with E-state index in [0.717, 1.165) is 43.4 Å². The van der Waals surface area contributed by atoms with Crippen LogP contribution in [0.15, 0.2) is 35.7 Å². The normalized spacial score (nSPS) is 21.8. The molecular weight excluding hydrogens is 455 g/mol. The number of quaternary nitrogens is 1. The molecule has 13 heteroatoms. The number of nitrogens with zero attached hydrogens (tertiary/aromatic N) is 2. The maximum Gasteiger partial charge on any atom is 0.254 e. The number of carbonyl (C=O) groups is 1. The van der Waals surface area contributed by atoms with Crippen LogP contribution in [0.5, 0.6) is 0 Å². The first kappa shape index (κ1) is 22.9. The van der Waals surface area contributed by atoms with Gasteiger partial charge in [-0.05, 0) is 0 Å². The molecule has 1 atom stereocenters. The van der Waals surface area contributed by atoms with E-state index in [2.05, 4.69) is 17.5 Å². The molecule has 3 heterocycles. The largest absolute Gasteiger partial charge is 0.363 e. The molecule has 0 spiro atoms. The number of epoxide rings is 1. The monoisotopic (exact) mass is 475 g/mol. The van der Waals surface area contributed by atoms with Gasteiger partial charge in [-0.1, -0.05) is 30.3 Å². The van der Waals surface area contributed by atoms with E-state index in [1.807, 2.05) is 23.1 Å². The molecule has 2 aliphatic rings. The molecule has 2 aromatic rings. The van der Waals surface area contributed by atoms with Crippen LogP contribution in [0.1, 0.15) is 5.69 Å². The van der Waals surface area contributed by atoms with Gasteiger partial charge in [0, 0.05) is 10.9 Å². The summed E-state index contributed by atoms with van der Waals surface area (Å²) in [5.74, 6) is 0.170. The van der Waals surface area contributed by atoms with Gasteiger partial charge in [0.2, 0.25) is 0 Å². The molecule has 30 heavy (non-hydrogen) atoms. The zero-order valence-electron chi connectivity index (χ0n) is 15.6. The van der Waals surface area contributed by atoms with Crippen LogP contribution in [-0.4, -0.2) is 54.7 Å². The standard InChI is InChI=1S/C17H19N3O2S.F6P/c21-17(15-11-22-15)20-8-6-19(7-9-20)10-14-12-23-16(18-14)13-4-2-1-3-5-13;1-7(2,3,4,5)6/h1-5,12,15H,6-11H2;/q;-1/p+1. The van der Waals surface area contributed by atoms with Gasteiger partial charge in [0.25, 0.3) is 5.91 Å². The van der Waals surface area contributed by atoms with Gasteiger partial charge in [-0.15, -0.1) is 11.3 Å². The van der Waals surface area contributed by atoms with E-state index in [1.54, 1.807) is 11.3 Å². The van der Waals surface area contributed by atoms with Gasteiger partial charge in [0.05, 0.1) is 32.8 Å². The average molecular weight is 475 g/mol. The fraction of sp³-hybridized carbons (Fsp3) is 0.412. The summed E-state index contributed by atoms with van der Waals surface area (Å²) < 4.78 is 64.3. The van der Waals surface area contributed by atoms with E-state index in [-0.39, 0.29) is 12.0 Å².